The molecule has 0 saturated heterocycles. The van der Waals surface area contributed by atoms with E-state index in [9.17, 15) is 4.39 Å². The van der Waals surface area contributed by atoms with Crippen molar-refractivity contribution < 1.29 is 4.39 Å². The van der Waals surface area contributed by atoms with Crippen molar-refractivity contribution in [3.63, 3.8) is 0 Å². The summed E-state index contributed by atoms with van der Waals surface area (Å²) in [6.07, 6.45) is 0. The molecule has 15 heavy (non-hydrogen) atoms. The summed E-state index contributed by atoms with van der Waals surface area (Å²) in [6.45, 7) is 0.285. The fraction of sp³-hybridized carbons (Fsp3) is 0.200. The average Bonchev–Trinajstić information content (AvgIpc) is 2.60. The predicted molar refractivity (Wildman–Crippen MR) is 54.3 cm³/mol. The van der Waals surface area contributed by atoms with E-state index in [1.54, 1.807) is 29.9 Å². The van der Waals surface area contributed by atoms with Crippen LogP contribution in [0, 0.1) is 5.82 Å². The minimum absolute atomic E-state index is 0.285. The van der Waals surface area contributed by atoms with Crippen LogP contribution in [0.4, 0.5) is 4.39 Å². The maximum atomic E-state index is 13.5. The normalized spacial score (nSPS) is 10.6. The molecule has 5 heteroatoms. The molecule has 1 aromatic heterocycles. The first-order valence-corrected chi connectivity index (χ1v) is 4.57. The number of benzene rings is 1. The van der Waals surface area contributed by atoms with E-state index >= 15 is 0 Å². The lowest BCUT2D eigenvalue weighted by molar-refractivity contribution is 0.630. The lowest BCUT2D eigenvalue weighted by Gasteiger charge is -2.02. The summed E-state index contributed by atoms with van der Waals surface area (Å²) in [5.41, 5.74) is 7.23. The zero-order valence-corrected chi connectivity index (χ0v) is 8.31. The molecule has 0 bridgehead atoms. The van der Waals surface area contributed by atoms with Gasteiger partial charge in [-0.1, -0.05) is 17.3 Å². The Kier molecular flexibility index (Phi) is 2.47. The molecule has 0 aliphatic rings. The molecule has 2 N–H and O–H groups in total. The minimum Gasteiger partial charge on any atom is -0.325 e. The zero-order valence-electron chi connectivity index (χ0n) is 8.31. The third-order valence-corrected chi connectivity index (χ3v) is 2.27. The van der Waals surface area contributed by atoms with Crippen LogP contribution in [0.1, 0.15) is 5.69 Å². The van der Waals surface area contributed by atoms with Crippen molar-refractivity contribution in [2.75, 3.05) is 0 Å². The second-order valence-corrected chi connectivity index (χ2v) is 3.19. The summed E-state index contributed by atoms with van der Waals surface area (Å²) in [5.74, 6) is -0.312. The first-order valence-electron chi connectivity index (χ1n) is 4.57. The number of hydrogen-bond donors (Lipinski definition) is 1. The Balaban J connectivity index is 2.59. The molecule has 0 spiro atoms. The van der Waals surface area contributed by atoms with Crippen LogP contribution in [0.2, 0.25) is 0 Å². The first-order chi connectivity index (χ1) is 7.24. The molecular formula is C10H11FN4. The van der Waals surface area contributed by atoms with Crippen LogP contribution in [0.25, 0.3) is 11.3 Å². The molecule has 0 aliphatic heterocycles. The molecule has 1 heterocycles. The molecule has 0 radical (unpaired) electrons. The van der Waals surface area contributed by atoms with Gasteiger partial charge in [0.2, 0.25) is 0 Å². The molecule has 0 unspecified atom stereocenters. The lowest BCUT2D eigenvalue weighted by atomic mass is 10.1. The van der Waals surface area contributed by atoms with Gasteiger partial charge < -0.3 is 5.73 Å². The third-order valence-electron chi connectivity index (χ3n) is 2.27. The maximum Gasteiger partial charge on any atom is 0.132 e. The Morgan fingerprint density at radius 3 is 2.80 bits per heavy atom. The molecule has 2 rings (SSSR count). The van der Waals surface area contributed by atoms with Gasteiger partial charge in [0.15, 0.2) is 0 Å². The van der Waals surface area contributed by atoms with E-state index in [0.29, 0.717) is 11.3 Å². The van der Waals surface area contributed by atoms with Crippen molar-refractivity contribution in [1.29, 1.82) is 0 Å². The van der Waals surface area contributed by atoms with Crippen molar-refractivity contribution in [3.8, 4) is 11.3 Å². The van der Waals surface area contributed by atoms with E-state index in [1.807, 2.05) is 0 Å². The maximum absolute atomic E-state index is 13.5. The fourth-order valence-corrected chi connectivity index (χ4v) is 1.47. The van der Waals surface area contributed by atoms with Gasteiger partial charge in [0.05, 0.1) is 5.69 Å². The molecule has 0 saturated carbocycles. The highest BCUT2D eigenvalue weighted by molar-refractivity contribution is 5.61. The number of rotatable bonds is 2. The number of aryl methyl sites for hydroxylation is 1. The van der Waals surface area contributed by atoms with E-state index in [0.717, 1.165) is 5.69 Å². The van der Waals surface area contributed by atoms with Crippen LogP contribution < -0.4 is 5.73 Å². The van der Waals surface area contributed by atoms with Crippen molar-refractivity contribution in [1.82, 2.24) is 15.0 Å². The number of halogens is 1. The van der Waals surface area contributed by atoms with Crippen LogP contribution in [0.15, 0.2) is 24.3 Å². The van der Waals surface area contributed by atoms with Gasteiger partial charge in [-0.25, -0.2) is 4.39 Å². The molecule has 78 valence electrons. The second kappa shape index (κ2) is 3.78. The number of aromatic nitrogens is 3. The summed E-state index contributed by atoms with van der Waals surface area (Å²) in [5, 5.41) is 7.74. The van der Waals surface area contributed by atoms with Gasteiger partial charge in [-0.3, -0.25) is 4.68 Å². The Labute approximate surface area is 86.5 Å². The first kappa shape index (κ1) is 9.79. The van der Waals surface area contributed by atoms with Gasteiger partial charge in [-0.05, 0) is 12.1 Å². The van der Waals surface area contributed by atoms with Crippen molar-refractivity contribution >= 4 is 0 Å². The summed E-state index contributed by atoms with van der Waals surface area (Å²) < 4.78 is 15.0. The average molecular weight is 206 g/mol. The molecule has 2 aromatic rings. The van der Waals surface area contributed by atoms with E-state index in [1.165, 1.54) is 6.07 Å². The van der Waals surface area contributed by atoms with Gasteiger partial charge in [-0.2, -0.15) is 0 Å². The van der Waals surface area contributed by atoms with Gasteiger partial charge in [0.1, 0.15) is 11.5 Å². The Morgan fingerprint density at radius 2 is 2.13 bits per heavy atom. The van der Waals surface area contributed by atoms with Crippen LogP contribution in [0.5, 0.6) is 0 Å². The van der Waals surface area contributed by atoms with Gasteiger partial charge in [0.25, 0.3) is 0 Å². The summed E-state index contributed by atoms with van der Waals surface area (Å²) in [4.78, 5) is 0. The second-order valence-electron chi connectivity index (χ2n) is 3.19. The summed E-state index contributed by atoms with van der Waals surface area (Å²) in [7, 11) is 1.74. The smallest absolute Gasteiger partial charge is 0.132 e. The van der Waals surface area contributed by atoms with Crippen LogP contribution in [0.3, 0.4) is 0 Å². The summed E-state index contributed by atoms with van der Waals surface area (Å²) >= 11 is 0. The molecule has 0 fully saturated rings. The summed E-state index contributed by atoms with van der Waals surface area (Å²) in [6, 6.07) is 6.45. The molecule has 1 aromatic carbocycles. The fourth-order valence-electron chi connectivity index (χ4n) is 1.47. The molecule has 0 atom stereocenters. The van der Waals surface area contributed by atoms with Crippen LogP contribution in [-0.4, -0.2) is 15.0 Å². The Morgan fingerprint density at radius 1 is 1.40 bits per heavy atom. The molecule has 4 nitrogen and oxygen atoms in total. The predicted octanol–water partition coefficient (Wildman–Crippen LogP) is 1.08. The van der Waals surface area contributed by atoms with Crippen molar-refractivity contribution in [2.45, 2.75) is 6.54 Å². The van der Waals surface area contributed by atoms with Crippen molar-refractivity contribution in [3.05, 3.63) is 35.8 Å². The highest BCUT2D eigenvalue weighted by Crippen LogP contribution is 2.22. The number of nitrogens with two attached hydrogens (primary N) is 1. The number of hydrogen-bond acceptors (Lipinski definition) is 3. The number of nitrogens with zero attached hydrogens (tertiary/aromatic N) is 3. The molecule has 0 amide bonds. The lowest BCUT2D eigenvalue weighted by Crippen LogP contribution is -2.05. The van der Waals surface area contributed by atoms with E-state index in [4.69, 9.17) is 5.73 Å². The van der Waals surface area contributed by atoms with E-state index in [2.05, 4.69) is 10.3 Å². The van der Waals surface area contributed by atoms with Crippen LogP contribution in [-0.2, 0) is 13.6 Å². The zero-order chi connectivity index (χ0) is 10.8. The third kappa shape index (κ3) is 1.61. The Bertz CT molecular complexity index is 478. The van der Waals surface area contributed by atoms with E-state index in [-0.39, 0.29) is 12.4 Å². The van der Waals surface area contributed by atoms with E-state index < -0.39 is 0 Å². The van der Waals surface area contributed by atoms with Gasteiger partial charge in [-0.15, -0.1) is 5.10 Å². The highest BCUT2D eigenvalue weighted by Gasteiger charge is 2.14. The van der Waals surface area contributed by atoms with Crippen molar-refractivity contribution in [2.24, 2.45) is 12.8 Å². The monoisotopic (exact) mass is 206 g/mol. The quantitative estimate of drug-likeness (QED) is 0.799. The molecular weight excluding hydrogens is 195 g/mol. The van der Waals surface area contributed by atoms with Gasteiger partial charge >= 0.3 is 0 Å². The van der Waals surface area contributed by atoms with Gasteiger partial charge in [0, 0.05) is 19.2 Å². The van der Waals surface area contributed by atoms with Crippen LogP contribution >= 0.6 is 0 Å². The standard InChI is InChI=1S/C10H11FN4/c1-15-9(6-12)10(13-14-15)7-4-2-3-5-8(7)11/h2-5H,6,12H2,1H3. The minimum atomic E-state index is -0.312. The Hall–Kier alpha value is -1.75. The largest absolute Gasteiger partial charge is 0.325 e. The topological polar surface area (TPSA) is 56.7 Å². The molecule has 0 aliphatic carbocycles. The highest BCUT2D eigenvalue weighted by atomic mass is 19.1. The SMILES string of the molecule is Cn1nnc(-c2ccccc2F)c1CN.